The highest BCUT2D eigenvalue weighted by atomic mass is 16.3. The Labute approximate surface area is 161 Å². The van der Waals surface area contributed by atoms with E-state index in [1.807, 2.05) is 53.1 Å². The van der Waals surface area contributed by atoms with Crippen molar-refractivity contribution in [2.75, 3.05) is 51.8 Å². The Balaban J connectivity index is 1.62. The van der Waals surface area contributed by atoms with Gasteiger partial charge in [0.15, 0.2) is 0 Å². The molecule has 1 N–H and O–H groups in total. The fourth-order valence-electron chi connectivity index (χ4n) is 4.26. The van der Waals surface area contributed by atoms with E-state index in [1.54, 1.807) is 0 Å². The summed E-state index contributed by atoms with van der Waals surface area (Å²) in [5.41, 5.74) is 1.89. The third kappa shape index (κ3) is 4.43. The molecule has 0 saturated carbocycles. The van der Waals surface area contributed by atoms with Gasteiger partial charge in [-0.25, -0.2) is 0 Å². The molecule has 0 aliphatic carbocycles. The molecule has 3 rings (SSSR count). The van der Waals surface area contributed by atoms with E-state index in [9.17, 15) is 9.59 Å². The maximum absolute atomic E-state index is 12.9. The molecule has 2 heterocycles. The lowest BCUT2D eigenvalue weighted by atomic mass is 9.72. The number of hydrogen-bond donors (Lipinski definition) is 1. The third-order valence-corrected chi connectivity index (χ3v) is 6.06. The second kappa shape index (κ2) is 8.30. The van der Waals surface area contributed by atoms with Gasteiger partial charge in [0.25, 0.3) is 5.91 Å². The molecule has 6 heteroatoms. The first-order valence-electron chi connectivity index (χ1n) is 9.89. The van der Waals surface area contributed by atoms with Crippen molar-refractivity contribution >= 4 is 17.5 Å². The molecule has 2 fully saturated rings. The number of aliphatic hydroxyl groups is 1. The molecule has 1 spiro atoms. The van der Waals surface area contributed by atoms with Gasteiger partial charge in [0.2, 0.25) is 5.91 Å². The van der Waals surface area contributed by atoms with E-state index in [-0.39, 0.29) is 23.8 Å². The van der Waals surface area contributed by atoms with Gasteiger partial charge in [-0.2, -0.15) is 0 Å². The standard InChI is InChI=1S/C21H31N3O3/c1-22(2)18-6-3-5-17(15-18)20(27)23-12-9-21(10-13-23)8-7-19(26)24(16-21)11-4-14-25/h3,5-6,15,25H,4,7-14,16H2,1-2H3. The largest absolute Gasteiger partial charge is 0.396 e. The van der Waals surface area contributed by atoms with Gasteiger partial charge in [-0.1, -0.05) is 6.07 Å². The predicted octanol–water partition coefficient (Wildman–Crippen LogP) is 1.98. The first-order valence-corrected chi connectivity index (χ1v) is 9.89. The van der Waals surface area contributed by atoms with Crippen molar-refractivity contribution in [1.29, 1.82) is 0 Å². The van der Waals surface area contributed by atoms with E-state index >= 15 is 0 Å². The summed E-state index contributed by atoms with van der Waals surface area (Å²) >= 11 is 0. The number of anilines is 1. The molecule has 2 aliphatic heterocycles. The monoisotopic (exact) mass is 373 g/mol. The third-order valence-electron chi connectivity index (χ3n) is 6.06. The average molecular weight is 373 g/mol. The molecule has 0 aromatic heterocycles. The van der Waals surface area contributed by atoms with Crippen LogP contribution in [0.25, 0.3) is 0 Å². The molecule has 2 saturated heterocycles. The van der Waals surface area contributed by atoms with E-state index in [0.29, 0.717) is 19.4 Å². The summed E-state index contributed by atoms with van der Waals surface area (Å²) in [6.45, 7) is 3.01. The second-order valence-corrected chi connectivity index (χ2v) is 8.13. The Morgan fingerprint density at radius 1 is 1.22 bits per heavy atom. The number of piperidine rings is 2. The number of nitrogens with zero attached hydrogens (tertiary/aromatic N) is 3. The van der Waals surface area contributed by atoms with Crippen LogP contribution in [0.5, 0.6) is 0 Å². The van der Waals surface area contributed by atoms with Crippen molar-refractivity contribution in [3.63, 3.8) is 0 Å². The molecule has 0 unspecified atom stereocenters. The summed E-state index contributed by atoms with van der Waals surface area (Å²) in [5.74, 6) is 0.297. The average Bonchev–Trinajstić information content (AvgIpc) is 2.69. The maximum Gasteiger partial charge on any atom is 0.253 e. The van der Waals surface area contributed by atoms with Crippen LogP contribution in [0, 0.1) is 5.41 Å². The molecule has 1 aromatic rings. The van der Waals surface area contributed by atoms with E-state index in [0.717, 1.165) is 50.1 Å². The van der Waals surface area contributed by atoms with Gasteiger partial charge in [0.1, 0.15) is 0 Å². The minimum atomic E-state index is 0.0950. The summed E-state index contributed by atoms with van der Waals surface area (Å²) in [7, 11) is 3.95. The zero-order valence-electron chi connectivity index (χ0n) is 16.5. The quantitative estimate of drug-likeness (QED) is 0.857. The van der Waals surface area contributed by atoms with Gasteiger partial charge in [0, 0.05) is 64.6 Å². The molecular formula is C21H31N3O3. The molecular weight excluding hydrogens is 342 g/mol. The van der Waals surface area contributed by atoms with Crippen molar-refractivity contribution < 1.29 is 14.7 Å². The van der Waals surface area contributed by atoms with Gasteiger partial charge in [-0.05, 0) is 49.3 Å². The lowest BCUT2D eigenvalue weighted by Crippen LogP contribution is -2.52. The first-order chi connectivity index (χ1) is 12.9. The Morgan fingerprint density at radius 2 is 1.96 bits per heavy atom. The van der Waals surface area contributed by atoms with Crippen LogP contribution in [0.15, 0.2) is 24.3 Å². The highest BCUT2D eigenvalue weighted by Gasteiger charge is 2.41. The number of aliphatic hydroxyl groups excluding tert-OH is 1. The van der Waals surface area contributed by atoms with Gasteiger partial charge in [-0.3, -0.25) is 9.59 Å². The lowest BCUT2D eigenvalue weighted by molar-refractivity contribution is -0.139. The van der Waals surface area contributed by atoms with Crippen molar-refractivity contribution in [1.82, 2.24) is 9.80 Å². The smallest absolute Gasteiger partial charge is 0.253 e. The van der Waals surface area contributed by atoms with E-state index in [1.165, 1.54) is 0 Å². The molecule has 27 heavy (non-hydrogen) atoms. The number of carbonyl (C=O) groups is 2. The number of rotatable bonds is 5. The topological polar surface area (TPSA) is 64.1 Å². The van der Waals surface area contributed by atoms with Crippen molar-refractivity contribution in [3.8, 4) is 0 Å². The van der Waals surface area contributed by atoms with Crippen LogP contribution in [0.1, 0.15) is 42.5 Å². The molecule has 0 atom stereocenters. The molecule has 6 nitrogen and oxygen atoms in total. The summed E-state index contributed by atoms with van der Waals surface area (Å²) in [6.07, 6.45) is 4.02. The molecule has 2 amide bonds. The van der Waals surface area contributed by atoms with Gasteiger partial charge < -0.3 is 19.8 Å². The highest BCUT2D eigenvalue weighted by molar-refractivity contribution is 5.95. The van der Waals surface area contributed by atoms with Gasteiger partial charge in [0.05, 0.1) is 0 Å². The second-order valence-electron chi connectivity index (χ2n) is 8.13. The number of hydrogen-bond acceptors (Lipinski definition) is 4. The highest BCUT2D eigenvalue weighted by Crippen LogP contribution is 2.40. The normalized spacial score (nSPS) is 19.4. The fourth-order valence-corrected chi connectivity index (χ4v) is 4.26. The minimum absolute atomic E-state index is 0.0950. The van der Waals surface area contributed by atoms with Crippen LogP contribution in [0.4, 0.5) is 5.69 Å². The molecule has 0 radical (unpaired) electrons. The SMILES string of the molecule is CN(C)c1cccc(C(=O)N2CCC3(CCC(=O)N(CCCO)C3)CC2)c1. The molecule has 1 aromatic carbocycles. The van der Waals surface area contributed by atoms with E-state index < -0.39 is 0 Å². The van der Waals surface area contributed by atoms with Crippen molar-refractivity contribution in [2.45, 2.75) is 32.1 Å². The van der Waals surface area contributed by atoms with Crippen LogP contribution < -0.4 is 4.90 Å². The Kier molecular flexibility index (Phi) is 6.05. The summed E-state index contributed by atoms with van der Waals surface area (Å²) in [5, 5.41) is 9.06. The van der Waals surface area contributed by atoms with Crippen LogP contribution in [0.3, 0.4) is 0 Å². The van der Waals surface area contributed by atoms with Crippen molar-refractivity contribution in [2.24, 2.45) is 5.41 Å². The lowest BCUT2D eigenvalue weighted by Gasteiger charge is -2.47. The van der Waals surface area contributed by atoms with Gasteiger partial charge in [-0.15, -0.1) is 0 Å². The number of amides is 2. The first kappa shape index (κ1) is 19.7. The molecule has 0 bridgehead atoms. The molecule has 2 aliphatic rings. The zero-order chi connectivity index (χ0) is 19.4. The fraction of sp³-hybridized carbons (Fsp3) is 0.619. The Bertz CT molecular complexity index is 681. The van der Waals surface area contributed by atoms with E-state index in [2.05, 4.69) is 0 Å². The van der Waals surface area contributed by atoms with Crippen LogP contribution in [0.2, 0.25) is 0 Å². The maximum atomic E-state index is 12.9. The number of benzene rings is 1. The van der Waals surface area contributed by atoms with Crippen LogP contribution in [-0.4, -0.2) is 73.6 Å². The Morgan fingerprint density at radius 3 is 2.63 bits per heavy atom. The summed E-state index contributed by atoms with van der Waals surface area (Å²) in [6, 6.07) is 7.76. The number of carbonyl (C=O) groups excluding carboxylic acids is 2. The van der Waals surface area contributed by atoms with Crippen molar-refractivity contribution in [3.05, 3.63) is 29.8 Å². The minimum Gasteiger partial charge on any atom is -0.396 e. The molecule has 148 valence electrons. The van der Waals surface area contributed by atoms with E-state index in [4.69, 9.17) is 5.11 Å². The van der Waals surface area contributed by atoms with Gasteiger partial charge >= 0.3 is 0 Å². The number of likely N-dealkylation sites (tertiary alicyclic amines) is 2. The Hall–Kier alpha value is -2.08. The van der Waals surface area contributed by atoms with Crippen LogP contribution >= 0.6 is 0 Å². The summed E-state index contributed by atoms with van der Waals surface area (Å²) < 4.78 is 0. The summed E-state index contributed by atoms with van der Waals surface area (Å²) in [4.78, 5) is 30.9. The predicted molar refractivity (Wildman–Crippen MR) is 106 cm³/mol. The van der Waals surface area contributed by atoms with Crippen LogP contribution in [-0.2, 0) is 4.79 Å². The zero-order valence-corrected chi connectivity index (χ0v) is 16.5.